The molecule has 0 amide bonds. The van der Waals surface area contributed by atoms with Gasteiger partial charge in [-0.3, -0.25) is 4.99 Å². The molecular weight excluding hydrogens is 344 g/mol. The number of aromatic nitrogens is 3. The van der Waals surface area contributed by atoms with Crippen molar-refractivity contribution < 1.29 is 0 Å². The molecular formula is C19H24N6S. The minimum atomic E-state index is 0.670. The van der Waals surface area contributed by atoms with Gasteiger partial charge in [-0.05, 0) is 18.6 Å². The predicted molar refractivity (Wildman–Crippen MR) is 107 cm³/mol. The Morgan fingerprint density at radius 3 is 2.77 bits per heavy atom. The highest BCUT2D eigenvalue weighted by atomic mass is 32.1. The normalized spacial score (nSPS) is 11.5. The van der Waals surface area contributed by atoms with Crippen LogP contribution in [0.3, 0.4) is 0 Å². The second kappa shape index (κ2) is 9.15. The molecule has 136 valence electrons. The second-order valence-corrected chi connectivity index (χ2v) is 7.00. The summed E-state index contributed by atoms with van der Waals surface area (Å²) in [6, 6.07) is 10.1. The molecule has 2 N–H and O–H groups in total. The number of guanidine groups is 1. The molecule has 0 atom stereocenters. The SMILES string of the molecule is CCc1cnc(CCNC(=NC)NCc2cnn(-c3ccccc3)c2)s1. The van der Waals surface area contributed by atoms with E-state index in [0.29, 0.717) is 6.54 Å². The minimum Gasteiger partial charge on any atom is -0.356 e. The van der Waals surface area contributed by atoms with E-state index >= 15 is 0 Å². The van der Waals surface area contributed by atoms with Crippen LogP contribution in [0.2, 0.25) is 0 Å². The van der Waals surface area contributed by atoms with Crippen molar-refractivity contribution in [2.45, 2.75) is 26.3 Å². The van der Waals surface area contributed by atoms with Crippen molar-refractivity contribution in [3.63, 3.8) is 0 Å². The van der Waals surface area contributed by atoms with E-state index in [0.717, 1.165) is 41.6 Å². The quantitative estimate of drug-likeness (QED) is 0.497. The zero-order chi connectivity index (χ0) is 18.2. The molecule has 0 spiro atoms. The van der Waals surface area contributed by atoms with Crippen LogP contribution in [0.4, 0.5) is 0 Å². The van der Waals surface area contributed by atoms with Crippen LogP contribution < -0.4 is 10.6 Å². The van der Waals surface area contributed by atoms with Gasteiger partial charge in [-0.2, -0.15) is 5.10 Å². The van der Waals surface area contributed by atoms with Crippen molar-refractivity contribution in [2.24, 2.45) is 4.99 Å². The molecule has 0 radical (unpaired) electrons. The molecule has 3 aromatic rings. The summed E-state index contributed by atoms with van der Waals surface area (Å²) in [5.74, 6) is 0.782. The Morgan fingerprint density at radius 2 is 2.04 bits per heavy atom. The van der Waals surface area contributed by atoms with E-state index in [1.54, 1.807) is 18.4 Å². The summed E-state index contributed by atoms with van der Waals surface area (Å²) in [6.07, 6.45) is 7.81. The van der Waals surface area contributed by atoms with Gasteiger partial charge in [0.2, 0.25) is 0 Å². The number of rotatable bonds is 7. The molecule has 3 rings (SSSR count). The van der Waals surface area contributed by atoms with Crippen molar-refractivity contribution in [2.75, 3.05) is 13.6 Å². The first kappa shape index (κ1) is 18.1. The van der Waals surface area contributed by atoms with Crippen molar-refractivity contribution in [1.29, 1.82) is 0 Å². The van der Waals surface area contributed by atoms with Crippen molar-refractivity contribution in [3.8, 4) is 5.69 Å². The first-order chi connectivity index (χ1) is 12.8. The molecule has 0 aliphatic heterocycles. The Labute approximate surface area is 158 Å². The highest BCUT2D eigenvalue weighted by Gasteiger charge is 2.04. The number of aliphatic imine (C=N–C) groups is 1. The molecule has 0 saturated carbocycles. The second-order valence-electron chi connectivity index (χ2n) is 5.81. The van der Waals surface area contributed by atoms with Gasteiger partial charge in [0.15, 0.2) is 5.96 Å². The lowest BCUT2D eigenvalue weighted by Gasteiger charge is -2.10. The van der Waals surface area contributed by atoms with Gasteiger partial charge >= 0.3 is 0 Å². The van der Waals surface area contributed by atoms with Gasteiger partial charge in [-0.1, -0.05) is 25.1 Å². The Morgan fingerprint density at radius 1 is 1.19 bits per heavy atom. The lowest BCUT2D eigenvalue weighted by Crippen LogP contribution is -2.37. The highest BCUT2D eigenvalue weighted by Crippen LogP contribution is 2.13. The number of aryl methyl sites for hydroxylation is 1. The minimum absolute atomic E-state index is 0.670. The third-order valence-electron chi connectivity index (χ3n) is 3.92. The lowest BCUT2D eigenvalue weighted by molar-refractivity contribution is 0.791. The molecule has 1 aromatic carbocycles. The summed E-state index contributed by atoms with van der Waals surface area (Å²) in [5.41, 5.74) is 2.15. The van der Waals surface area contributed by atoms with Gasteiger partial charge in [-0.15, -0.1) is 11.3 Å². The highest BCUT2D eigenvalue weighted by molar-refractivity contribution is 7.11. The van der Waals surface area contributed by atoms with Gasteiger partial charge in [0.05, 0.1) is 16.9 Å². The predicted octanol–water partition coefficient (Wildman–Crippen LogP) is 2.80. The van der Waals surface area contributed by atoms with Gasteiger partial charge in [0, 0.05) is 49.4 Å². The summed E-state index contributed by atoms with van der Waals surface area (Å²) in [4.78, 5) is 10.0. The smallest absolute Gasteiger partial charge is 0.191 e. The van der Waals surface area contributed by atoms with Crippen LogP contribution in [0.1, 0.15) is 22.4 Å². The van der Waals surface area contributed by atoms with E-state index in [-0.39, 0.29) is 0 Å². The Bertz CT molecular complexity index is 837. The summed E-state index contributed by atoms with van der Waals surface area (Å²) in [7, 11) is 1.78. The summed E-state index contributed by atoms with van der Waals surface area (Å²) in [6.45, 7) is 3.63. The van der Waals surface area contributed by atoms with Gasteiger partial charge in [0.25, 0.3) is 0 Å². The lowest BCUT2D eigenvalue weighted by atomic mass is 10.3. The first-order valence-corrected chi connectivity index (χ1v) is 9.57. The van der Waals surface area contributed by atoms with Gasteiger partial charge in [0.1, 0.15) is 0 Å². The standard InChI is InChI=1S/C19H24N6S/c1-3-17-13-22-18(26-17)9-10-21-19(20-2)23-11-15-12-24-25(14-15)16-7-5-4-6-8-16/h4-8,12-14H,3,9-11H2,1-2H3,(H2,20,21,23). The van der Waals surface area contributed by atoms with Crippen LogP contribution in [-0.2, 0) is 19.4 Å². The van der Waals surface area contributed by atoms with E-state index < -0.39 is 0 Å². The largest absolute Gasteiger partial charge is 0.356 e. The Balaban J connectivity index is 1.46. The van der Waals surface area contributed by atoms with Crippen LogP contribution >= 0.6 is 11.3 Å². The Hall–Kier alpha value is -2.67. The summed E-state index contributed by atoms with van der Waals surface area (Å²) in [5, 5.41) is 12.2. The monoisotopic (exact) mass is 368 g/mol. The third-order valence-corrected chi connectivity index (χ3v) is 5.12. The summed E-state index contributed by atoms with van der Waals surface area (Å²) < 4.78 is 1.88. The van der Waals surface area contributed by atoms with E-state index in [4.69, 9.17) is 0 Å². The van der Waals surface area contributed by atoms with Crippen LogP contribution in [0.25, 0.3) is 5.69 Å². The van der Waals surface area contributed by atoms with E-state index in [2.05, 4.69) is 32.6 Å². The number of benzene rings is 1. The van der Waals surface area contributed by atoms with Crippen molar-refractivity contribution in [3.05, 3.63) is 64.4 Å². The first-order valence-electron chi connectivity index (χ1n) is 8.75. The molecule has 7 heteroatoms. The fourth-order valence-corrected chi connectivity index (χ4v) is 3.36. The van der Waals surface area contributed by atoms with E-state index in [9.17, 15) is 0 Å². The zero-order valence-electron chi connectivity index (χ0n) is 15.1. The molecule has 0 aliphatic carbocycles. The van der Waals surface area contributed by atoms with Gasteiger partial charge in [-0.25, -0.2) is 9.67 Å². The third kappa shape index (κ3) is 4.92. The molecule has 0 bridgehead atoms. The van der Waals surface area contributed by atoms with Crippen LogP contribution in [0.5, 0.6) is 0 Å². The van der Waals surface area contributed by atoms with Crippen LogP contribution in [0.15, 0.2) is 53.9 Å². The number of nitrogens with one attached hydrogen (secondary N) is 2. The van der Waals surface area contributed by atoms with Crippen LogP contribution in [0, 0.1) is 0 Å². The number of para-hydroxylation sites is 1. The van der Waals surface area contributed by atoms with E-state index in [1.165, 1.54) is 4.88 Å². The number of thiazole rings is 1. The Kier molecular flexibility index (Phi) is 6.38. The fraction of sp³-hybridized carbons (Fsp3) is 0.316. The molecule has 0 unspecified atom stereocenters. The maximum Gasteiger partial charge on any atom is 0.191 e. The molecule has 0 saturated heterocycles. The fourth-order valence-electron chi connectivity index (χ4n) is 2.49. The van der Waals surface area contributed by atoms with Gasteiger partial charge < -0.3 is 10.6 Å². The molecule has 2 heterocycles. The topological polar surface area (TPSA) is 67.1 Å². The average molecular weight is 369 g/mol. The van der Waals surface area contributed by atoms with Crippen molar-refractivity contribution in [1.82, 2.24) is 25.4 Å². The molecule has 6 nitrogen and oxygen atoms in total. The van der Waals surface area contributed by atoms with Crippen molar-refractivity contribution >= 4 is 17.3 Å². The van der Waals surface area contributed by atoms with Crippen LogP contribution in [-0.4, -0.2) is 34.3 Å². The molecule has 0 fully saturated rings. The summed E-state index contributed by atoms with van der Waals surface area (Å²) >= 11 is 1.78. The zero-order valence-corrected chi connectivity index (χ0v) is 16.0. The molecule has 2 aromatic heterocycles. The molecule has 0 aliphatic rings. The molecule has 26 heavy (non-hydrogen) atoms. The average Bonchev–Trinajstić information content (AvgIpc) is 3.34. The maximum absolute atomic E-state index is 4.44. The number of hydrogen-bond acceptors (Lipinski definition) is 4. The maximum atomic E-state index is 4.44. The number of nitrogens with zero attached hydrogens (tertiary/aromatic N) is 4. The van der Waals surface area contributed by atoms with E-state index in [1.807, 2.05) is 53.6 Å². The number of hydrogen-bond donors (Lipinski definition) is 2.